The minimum absolute atomic E-state index is 0.775. The van der Waals surface area contributed by atoms with Crippen LogP contribution in [0, 0.1) is 11.8 Å². The van der Waals surface area contributed by atoms with Gasteiger partial charge in [0.25, 0.3) is 0 Å². The molecule has 0 bridgehead atoms. The van der Waals surface area contributed by atoms with E-state index in [1.54, 1.807) is 0 Å². The first-order valence-corrected chi connectivity index (χ1v) is 7.40. The van der Waals surface area contributed by atoms with Crippen molar-refractivity contribution in [2.75, 3.05) is 31.1 Å². The Labute approximate surface area is 98.2 Å². The second kappa shape index (κ2) is 5.07. The van der Waals surface area contributed by atoms with Gasteiger partial charge in [0.1, 0.15) is 0 Å². The van der Waals surface area contributed by atoms with E-state index in [0.717, 1.165) is 23.9 Å². The standard InChI is InChI=1S/C12H24N2S/c1-9-6-13-7-10(2)12(9)14-4-5-15-8-11(14)3/h9-13H,4-8H2,1-3H3. The molecular weight excluding hydrogens is 204 g/mol. The fourth-order valence-corrected chi connectivity index (χ4v) is 4.22. The third-order valence-electron chi connectivity index (χ3n) is 3.90. The van der Waals surface area contributed by atoms with Gasteiger partial charge in [-0.3, -0.25) is 4.90 Å². The highest BCUT2D eigenvalue weighted by Crippen LogP contribution is 2.28. The Morgan fingerprint density at radius 1 is 1.13 bits per heavy atom. The van der Waals surface area contributed by atoms with Gasteiger partial charge < -0.3 is 5.32 Å². The smallest absolute Gasteiger partial charge is 0.0174 e. The van der Waals surface area contributed by atoms with E-state index in [2.05, 4.69) is 42.7 Å². The monoisotopic (exact) mass is 228 g/mol. The number of rotatable bonds is 1. The van der Waals surface area contributed by atoms with Crippen molar-refractivity contribution in [3.63, 3.8) is 0 Å². The molecule has 0 amide bonds. The molecule has 0 spiro atoms. The SMILES string of the molecule is CC1CNCC(C)C1N1CCSCC1C. The highest BCUT2D eigenvalue weighted by molar-refractivity contribution is 7.99. The molecule has 3 atom stereocenters. The van der Waals surface area contributed by atoms with Crippen LogP contribution in [0.25, 0.3) is 0 Å². The molecule has 0 saturated carbocycles. The summed E-state index contributed by atoms with van der Waals surface area (Å²) in [5.74, 6) is 4.26. The van der Waals surface area contributed by atoms with Gasteiger partial charge in [0.05, 0.1) is 0 Å². The maximum Gasteiger partial charge on any atom is 0.0174 e. The first kappa shape index (κ1) is 11.7. The van der Waals surface area contributed by atoms with Gasteiger partial charge >= 0.3 is 0 Å². The molecule has 2 aliphatic rings. The number of piperidine rings is 1. The molecule has 1 N–H and O–H groups in total. The number of hydrogen-bond donors (Lipinski definition) is 1. The van der Waals surface area contributed by atoms with Crippen LogP contribution >= 0.6 is 11.8 Å². The van der Waals surface area contributed by atoms with Crippen LogP contribution < -0.4 is 5.32 Å². The molecule has 15 heavy (non-hydrogen) atoms. The average molecular weight is 228 g/mol. The topological polar surface area (TPSA) is 15.3 Å². The minimum atomic E-state index is 0.775. The molecule has 0 aromatic carbocycles. The van der Waals surface area contributed by atoms with Gasteiger partial charge in [0.15, 0.2) is 0 Å². The number of hydrogen-bond acceptors (Lipinski definition) is 3. The summed E-state index contributed by atoms with van der Waals surface area (Å²) in [5, 5.41) is 3.54. The van der Waals surface area contributed by atoms with Crippen molar-refractivity contribution in [3.05, 3.63) is 0 Å². The fraction of sp³-hybridized carbons (Fsp3) is 1.00. The van der Waals surface area contributed by atoms with Crippen LogP contribution in [0.4, 0.5) is 0 Å². The molecule has 0 aliphatic carbocycles. The Bertz CT molecular complexity index is 200. The van der Waals surface area contributed by atoms with Gasteiger partial charge in [0.2, 0.25) is 0 Å². The maximum atomic E-state index is 3.54. The van der Waals surface area contributed by atoms with E-state index in [-0.39, 0.29) is 0 Å². The van der Waals surface area contributed by atoms with Crippen molar-refractivity contribution in [1.29, 1.82) is 0 Å². The normalized spacial score (nSPS) is 44.2. The van der Waals surface area contributed by atoms with Gasteiger partial charge in [-0.05, 0) is 31.8 Å². The van der Waals surface area contributed by atoms with Crippen LogP contribution in [0.3, 0.4) is 0 Å². The third-order valence-corrected chi connectivity index (χ3v) is 5.09. The summed E-state index contributed by atoms with van der Waals surface area (Å²) in [6.45, 7) is 10.9. The number of thioether (sulfide) groups is 1. The fourth-order valence-electron chi connectivity index (χ4n) is 3.18. The van der Waals surface area contributed by atoms with E-state index in [4.69, 9.17) is 0 Å². The lowest BCUT2D eigenvalue weighted by Gasteiger charge is -2.47. The van der Waals surface area contributed by atoms with Gasteiger partial charge in [-0.1, -0.05) is 13.8 Å². The van der Waals surface area contributed by atoms with Gasteiger partial charge in [-0.25, -0.2) is 0 Å². The Balaban J connectivity index is 2.05. The van der Waals surface area contributed by atoms with Crippen molar-refractivity contribution in [1.82, 2.24) is 10.2 Å². The number of nitrogens with zero attached hydrogens (tertiary/aromatic N) is 1. The minimum Gasteiger partial charge on any atom is -0.316 e. The van der Waals surface area contributed by atoms with Crippen molar-refractivity contribution in [2.45, 2.75) is 32.9 Å². The van der Waals surface area contributed by atoms with E-state index in [1.807, 2.05) is 0 Å². The lowest BCUT2D eigenvalue weighted by molar-refractivity contribution is 0.0582. The highest BCUT2D eigenvalue weighted by Gasteiger charge is 2.35. The van der Waals surface area contributed by atoms with Crippen molar-refractivity contribution in [2.24, 2.45) is 11.8 Å². The summed E-state index contributed by atoms with van der Waals surface area (Å²) in [6.07, 6.45) is 0. The Morgan fingerprint density at radius 2 is 1.80 bits per heavy atom. The molecule has 0 aromatic rings. The van der Waals surface area contributed by atoms with E-state index >= 15 is 0 Å². The molecule has 2 nitrogen and oxygen atoms in total. The van der Waals surface area contributed by atoms with Crippen LogP contribution in [0.1, 0.15) is 20.8 Å². The molecule has 3 heteroatoms. The molecule has 2 heterocycles. The summed E-state index contributed by atoms with van der Waals surface area (Å²) in [4.78, 5) is 2.77. The van der Waals surface area contributed by atoms with Crippen LogP contribution in [-0.4, -0.2) is 48.1 Å². The van der Waals surface area contributed by atoms with Gasteiger partial charge in [-0.15, -0.1) is 0 Å². The Morgan fingerprint density at radius 3 is 2.40 bits per heavy atom. The first-order chi connectivity index (χ1) is 7.20. The molecule has 88 valence electrons. The predicted octanol–water partition coefficient (Wildman–Crippen LogP) is 1.67. The van der Waals surface area contributed by atoms with E-state index < -0.39 is 0 Å². The Hall–Kier alpha value is 0.270. The highest BCUT2D eigenvalue weighted by atomic mass is 32.2. The molecule has 2 rings (SSSR count). The molecule has 2 saturated heterocycles. The molecule has 0 aromatic heterocycles. The summed E-state index contributed by atoms with van der Waals surface area (Å²) < 4.78 is 0. The first-order valence-electron chi connectivity index (χ1n) is 6.24. The van der Waals surface area contributed by atoms with Gasteiger partial charge in [0, 0.05) is 30.1 Å². The van der Waals surface area contributed by atoms with Gasteiger partial charge in [-0.2, -0.15) is 11.8 Å². The quantitative estimate of drug-likeness (QED) is 0.735. The van der Waals surface area contributed by atoms with Crippen molar-refractivity contribution < 1.29 is 0 Å². The van der Waals surface area contributed by atoms with Crippen molar-refractivity contribution >= 4 is 11.8 Å². The predicted molar refractivity (Wildman–Crippen MR) is 68.5 cm³/mol. The average Bonchev–Trinajstić information content (AvgIpc) is 2.20. The molecule has 2 aliphatic heterocycles. The number of nitrogens with one attached hydrogen (secondary N) is 1. The molecular formula is C12H24N2S. The Kier molecular flexibility index (Phi) is 3.97. The molecule has 2 fully saturated rings. The zero-order valence-electron chi connectivity index (χ0n) is 10.2. The van der Waals surface area contributed by atoms with Crippen LogP contribution in [0.5, 0.6) is 0 Å². The maximum absolute atomic E-state index is 3.54. The lowest BCUT2D eigenvalue weighted by atomic mass is 9.85. The van der Waals surface area contributed by atoms with Crippen LogP contribution in [0.15, 0.2) is 0 Å². The molecule has 3 unspecified atom stereocenters. The second-order valence-electron chi connectivity index (χ2n) is 5.27. The zero-order chi connectivity index (χ0) is 10.8. The van der Waals surface area contributed by atoms with E-state index in [1.165, 1.54) is 31.1 Å². The third kappa shape index (κ3) is 2.51. The molecule has 0 radical (unpaired) electrons. The summed E-state index contributed by atoms with van der Waals surface area (Å²) in [5.41, 5.74) is 0. The largest absolute Gasteiger partial charge is 0.316 e. The summed E-state index contributed by atoms with van der Waals surface area (Å²) in [6, 6.07) is 1.58. The van der Waals surface area contributed by atoms with E-state index in [0.29, 0.717) is 0 Å². The summed E-state index contributed by atoms with van der Waals surface area (Å²) in [7, 11) is 0. The van der Waals surface area contributed by atoms with Crippen LogP contribution in [-0.2, 0) is 0 Å². The lowest BCUT2D eigenvalue weighted by Crippen LogP contribution is -2.58. The van der Waals surface area contributed by atoms with Crippen molar-refractivity contribution in [3.8, 4) is 0 Å². The zero-order valence-corrected chi connectivity index (χ0v) is 11.0. The summed E-state index contributed by atoms with van der Waals surface area (Å²) >= 11 is 2.12. The van der Waals surface area contributed by atoms with E-state index in [9.17, 15) is 0 Å². The second-order valence-corrected chi connectivity index (χ2v) is 6.42. The van der Waals surface area contributed by atoms with Crippen LogP contribution in [0.2, 0.25) is 0 Å².